The van der Waals surface area contributed by atoms with E-state index in [1.165, 1.54) is 7.11 Å². The number of hydrogen-bond donors (Lipinski definition) is 4. The zero-order valence-corrected chi connectivity index (χ0v) is 8.55. The van der Waals surface area contributed by atoms with Crippen LogP contribution in [0.15, 0.2) is 0 Å². The Hall–Kier alpha value is 0.0500. The van der Waals surface area contributed by atoms with Crippen LogP contribution >= 0.6 is 12.4 Å². The van der Waals surface area contributed by atoms with Crippen molar-refractivity contribution in [3.63, 3.8) is 0 Å². The Morgan fingerprint density at radius 3 is 2.43 bits per heavy atom. The van der Waals surface area contributed by atoms with Gasteiger partial charge in [0.25, 0.3) is 0 Å². The Kier molecular flexibility index (Phi) is 5.84. The van der Waals surface area contributed by atoms with Gasteiger partial charge in [0.1, 0.15) is 18.3 Å². The van der Waals surface area contributed by atoms with E-state index in [9.17, 15) is 10.2 Å². The van der Waals surface area contributed by atoms with Crippen molar-refractivity contribution in [1.82, 2.24) is 0 Å². The zero-order chi connectivity index (χ0) is 10.0. The monoisotopic (exact) mass is 229 g/mol. The maximum atomic E-state index is 9.52. The van der Waals surface area contributed by atoms with E-state index in [4.69, 9.17) is 20.3 Å². The molecule has 6 nitrogen and oxygen atoms in total. The third kappa shape index (κ3) is 2.54. The average molecular weight is 230 g/mol. The molecule has 0 saturated carbocycles. The van der Waals surface area contributed by atoms with Crippen LogP contribution in [0.25, 0.3) is 0 Å². The molecule has 0 aromatic carbocycles. The smallest absolute Gasteiger partial charge is 0.173 e. The highest BCUT2D eigenvalue weighted by molar-refractivity contribution is 5.85. The van der Waals surface area contributed by atoms with Crippen LogP contribution in [0.3, 0.4) is 0 Å². The van der Waals surface area contributed by atoms with E-state index in [1.54, 1.807) is 0 Å². The molecule has 0 amide bonds. The van der Waals surface area contributed by atoms with Crippen molar-refractivity contribution >= 4 is 12.4 Å². The third-order valence-electron chi connectivity index (χ3n) is 2.19. The van der Waals surface area contributed by atoms with Gasteiger partial charge in [-0.2, -0.15) is 0 Å². The molecule has 1 saturated heterocycles. The molecule has 1 aliphatic heterocycles. The van der Waals surface area contributed by atoms with Crippen molar-refractivity contribution in [1.29, 1.82) is 0 Å². The summed E-state index contributed by atoms with van der Waals surface area (Å²) in [5.74, 6) is 0. The summed E-state index contributed by atoms with van der Waals surface area (Å²) in [6.07, 6.45) is -3.81. The van der Waals surface area contributed by atoms with Gasteiger partial charge in [-0.3, -0.25) is 0 Å². The molecule has 5 unspecified atom stereocenters. The topological polar surface area (TPSA) is 105 Å². The molecule has 0 radical (unpaired) electrons. The largest absolute Gasteiger partial charge is 0.394 e. The predicted molar refractivity (Wildman–Crippen MR) is 50.0 cm³/mol. The Balaban J connectivity index is 0.00000169. The first kappa shape index (κ1) is 14.1. The second-order valence-electron chi connectivity index (χ2n) is 3.02. The highest BCUT2D eigenvalue weighted by Crippen LogP contribution is 2.20. The predicted octanol–water partition coefficient (Wildman–Crippen LogP) is -2.18. The maximum absolute atomic E-state index is 9.52. The standard InChI is InChI=1S/C7H15NO5.ClH/c1-12-6-4(8)7(11)13-3(2-9)5(6)10;/h3-7,9-11H,2,8H2,1H3;1H. The third-order valence-corrected chi connectivity index (χ3v) is 2.19. The van der Waals surface area contributed by atoms with E-state index < -0.39 is 30.6 Å². The van der Waals surface area contributed by atoms with E-state index in [0.717, 1.165) is 0 Å². The minimum atomic E-state index is -1.22. The molecular formula is C7H16ClNO5. The van der Waals surface area contributed by atoms with Gasteiger partial charge < -0.3 is 30.5 Å². The van der Waals surface area contributed by atoms with Crippen LogP contribution in [-0.4, -0.2) is 59.7 Å². The summed E-state index contributed by atoms with van der Waals surface area (Å²) in [6, 6.07) is -0.803. The maximum Gasteiger partial charge on any atom is 0.173 e. The molecule has 0 spiro atoms. The first-order valence-electron chi connectivity index (χ1n) is 4.02. The number of hydrogen-bond acceptors (Lipinski definition) is 6. The van der Waals surface area contributed by atoms with Gasteiger partial charge >= 0.3 is 0 Å². The Labute approximate surface area is 88.0 Å². The summed E-state index contributed by atoms with van der Waals surface area (Å²) < 4.78 is 9.73. The van der Waals surface area contributed by atoms with Crippen molar-refractivity contribution in [3.8, 4) is 0 Å². The van der Waals surface area contributed by atoms with Crippen LogP contribution in [0, 0.1) is 0 Å². The number of ether oxygens (including phenoxy) is 2. The fourth-order valence-corrected chi connectivity index (χ4v) is 1.40. The highest BCUT2D eigenvalue weighted by atomic mass is 35.5. The fourth-order valence-electron chi connectivity index (χ4n) is 1.40. The van der Waals surface area contributed by atoms with Gasteiger partial charge in [-0.15, -0.1) is 12.4 Å². The summed E-state index contributed by atoms with van der Waals surface area (Å²) >= 11 is 0. The van der Waals surface area contributed by atoms with E-state index >= 15 is 0 Å². The Morgan fingerprint density at radius 1 is 1.43 bits per heavy atom. The fraction of sp³-hybridized carbons (Fsp3) is 1.00. The molecule has 7 heteroatoms. The van der Waals surface area contributed by atoms with Crippen LogP contribution in [0.2, 0.25) is 0 Å². The van der Waals surface area contributed by atoms with Gasteiger partial charge in [0.15, 0.2) is 6.29 Å². The summed E-state index contributed by atoms with van der Waals surface area (Å²) in [7, 11) is 1.38. The molecule has 1 rings (SSSR count). The van der Waals surface area contributed by atoms with Crippen molar-refractivity contribution in [2.75, 3.05) is 13.7 Å². The summed E-state index contributed by atoms with van der Waals surface area (Å²) in [6.45, 7) is -0.384. The first-order valence-corrected chi connectivity index (χ1v) is 4.02. The molecule has 14 heavy (non-hydrogen) atoms. The summed E-state index contributed by atoms with van der Waals surface area (Å²) in [5, 5.41) is 27.6. The number of halogens is 1. The highest BCUT2D eigenvalue weighted by Gasteiger charge is 2.42. The zero-order valence-electron chi connectivity index (χ0n) is 7.74. The molecule has 0 aliphatic carbocycles. The van der Waals surface area contributed by atoms with Gasteiger partial charge in [-0.05, 0) is 0 Å². The molecule has 86 valence electrons. The van der Waals surface area contributed by atoms with Crippen molar-refractivity contribution in [3.05, 3.63) is 0 Å². The van der Waals surface area contributed by atoms with E-state index in [2.05, 4.69) is 0 Å². The quantitative estimate of drug-likeness (QED) is 0.429. The van der Waals surface area contributed by atoms with E-state index in [-0.39, 0.29) is 19.0 Å². The van der Waals surface area contributed by atoms with Gasteiger partial charge in [0.05, 0.1) is 12.6 Å². The Bertz CT molecular complexity index is 172. The van der Waals surface area contributed by atoms with Gasteiger partial charge in [0.2, 0.25) is 0 Å². The normalized spacial score (nSPS) is 43.1. The molecule has 1 fully saturated rings. The van der Waals surface area contributed by atoms with Gasteiger partial charge in [-0.25, -0.2) is 0 Å². The summed E-state index contributed by atoms with van der Waals surface area (Å²) in [5.41, 5.74) is 5.50. The average Bonchev–Trinajstić information content (AvgIpc) is 2.12. The molecule has 0 aromatic rings. The van der Waals surface area contributed by atoms with Crippen LogP contribution < -0.4 is 5.73 Å². The van der Waals surface area contributed by atoms with Crippen molar-refractivity contribution in [2.45, 2.75) is 30.6 Å². The molecule has 1 heterocycles. The number of rotatable bonds is 2. The van der Waals surface area contributed by atoms with Crippen LogP contribution in [0.5, 0.6) is 0 Å². The van der Waals surface area contributed by atoms with Gasteiger partial charge in [0, 0.05) is 7.11 Å². The lowest BCUT2D eigenvalue weighted by molar-refractivity contribution is -0.253. The SMILES string of the molecule is COC1C(N)C(O)OC(CO)C1O.Cl. The van der Waals surface area contributed by atoms with Crippen LogP contribution in [0.4, 0.5) is 0 Å². The first-order chi connectivity index (χ1) is 6.11. The number of methoxy groups -OCH3 is 1. The summed E-state index contributed by atoms with van der Waals surface area (Å²) in [4.78, 5) is 0. The number of nitrogens with two attached hydrogens (primary N) is 1. The second-order valence-corrected chi connectivity index (χ2v) is 3.02. The van der Waals surface area contributed by atoms with Crippen molar-refractivity contribution < 1.29 is 24.8 Å². The van der Waals surface area contributed by atoms with E-state index in [0.29, 0.717) is 0 Å². The van der Waals surface area contributed by atoms with Crippen molar-refractivity contribution in [2.24, 2.45) is 5.73 Å². The molecular weight excluding hydrogens is 214 g/mol. The van der Waals surface area contributed by atoms with Gasteiger partial charge in [-0.1, -0.05) is 0 Å². The molecule has 0 bridgehead atoms. The Morgan fingerprint density at radius 2 is 2.00 bits per heavy atom. The second kappa shape index (κ2) is 5.82. The minimum absolute atomic E-state index is 0. The molecule has 1 aliphatic rings. The lowest BCUT2D eigenvalue weighted by Gasteiger charge is -2.39. The molecule has 5 atom stereocenters. The number of aliphatic hydroxyl groups excluding tert-OH is 3. The van der Waals surface area contributed by atoms with Crippen LogP contribution in [-0.2, 0) is 9.47 Å². The molecule has 0 aromatic heterocycles. The van der Waals surface area contributed by atoms with Crippen LogP contribution in [0.1, 0.15) is 0 Å². The lowest BCUT2D eigenvalue weighted by Crippen LogP contribution is -2.62. The number of aliphatic hydroxyl groups is 3. The molecule has 5 N–H and O–H groups in total. The minimum Gasteiger partial charge on any atom is -0.394 e. The lowest BCUT2D eigenvalue weighted by atomic mass is 9.98. The van der Waals surface area contributed by atoms with E-state index in [1.807, 2.05) is 0 Å².